The normalized spacial score (nSPS) is 6.48. The smallest absolute Gasteiger partial charge is 0.302 e. The number of carbonyl (C=O) groups excluding carboxylic acids is 2. The predicted octanol–water partition coefficient (Wildman–Crippen LogP) is 3.56. The van der Waals surface area contributed by atoms with Gasteiger partial charge in [0.1, 0.15) is 18.8 Å². The fourth-order valence-corrected chi connectivity index (χ4v) is 0.350. The number of hydrogen-bond acceptors (Lipinski definition) is 8. The molecule has 0 fully saturated rings. The second-order valence-corrected chi connectivity index (χ2v) is 2.03. The van der Waals surface area contributed by atoms with Crippen molar-refractivity contribution in [2.75, 3.05) is 6.61 Å². The second kappa shape index (κ2) is 50.6. The molecule has 0 saturated carbocycles. The van der Waals surface area contributed by atoms with Crippen LogP contribution < -0.4 is 0 Å². The average Bonchev–Trinajstić information content (AvgIpc) is 2.61. The van der Waals surface area contributed by atoms with Crippen LogP contribution in [-0.4, -0.2) is 18.9 Å². The zero-order valence-electron chi connectivity index (χ0n) is 13.6. The molecular formula is C15H26O8. The SMILES string of the molecule is C=C.C=C.C=C.C=COOOOOC=C.CC(=O)OCCC=O. The van der Waals surface area contributed by atoms with Crippen LogP contribution in [0.25, 0.3) is 0 Å². The van der Waals surface area contributed by atoms with Gasteiger partial charge >= 0.3 is 5.97 Å². The van der Waals surface area contributed by atoms with Gasteiger partial charge in [0.2, 0.25) is 0 Å². The van der Waals surface area contributed by atoms with Gasteiger partial charge in [0.25, 0.3) is 0 Å². The van der Waals surface area contributed by atoms with Crippen molar-refractivity contribution < 1.29 is 39.2 Å². The monoisotopic (exact) mass is 334 g/mol. The molecule has 0 aliphatic rings. The van der Waals surface area contributed by atoms with Crippen molar-refractivity contribution in [2.24, 2.45) is 0 Å². The highest BCUT2D eigenvalue weighted by Crippen LogP contribution is 1.84. The number of rotatable bonds is 9. The first-order valence-corrected chi connectivity index (χ1v) is 5.80. The van der Waals surface area contributed by atoms with Crippen LogP contribution in [0.4, 0.5) is 0 Å². The van der Waals surface area contributed by atoms with E-state index >= 15 is 0 Å². The van der Waals surface area contributed by atoms with Gasteiger partial charge < -0.3 is 19.3 Å². The Kier molecular flexibility index (Phi) is 71.1. The minimum Gasteiger partial charge on any atom is -0.465 e. The van der Waals surface area contributed by atoms with Gasteiger partial charge in [-0.25, -0.2) is 0 Å². The molecule has 0 aromatic carbocycles. The molecule has 0 heterocycles. The molecule has 0 bridgehead atoms. The average molecular weight is 334 g/mol. The molecule has 0 spiro atoms. The Morgan fingerprint density at radius 1 is 0.870 bits per heavy atom. The van der Waals surface area contributed by atoms with Gasteiger partial charge in [-0.15, -0.1) is 39.5 Å². The molecule has 0 aromatic heterocycles. The van der Waals surface area contributed by atoms with Crippen molar-refractivity contribution >= 4 is 12.3 Å². The van der Waals surface area contributed by atoms with E-state index in [1.54, 1.807) is 0 Å². The summed E-state index contributed by atoms with van der Waals surface area (Å²) in [7, 11) is 0. The van der Waals surface area contributed by atoms with Gasteiger partial charge in [0, 0.05) is 28.5 Å². The zero-order valence-corrected chi connectivity index (χ0v) is 13.6. The molecule has 0 aliphatic heterocycles. The fourth-order valence-electron chi connectivity index (χ4n) is 0.350. The molecule has 0 amide bonds. The van der Waals surface area contributed by atoms with Crippen LogP contribution in [0.1, 0.15) is 13.3 Å². The second-order valence-electron chi connectivity index (χ2n) is 2.03. The van der Waals surface area contributed by atoms with E-state index in [-0.39, 0.29) is 12.6 Å². The highest BCUT2D eigenvalue weighted by Gasteiger charge is 1.88. The molecule has 8 nitrogen and oxygen atoms in total. The Bertz CT molecular complexity index is 241. The molecule has 0 aliphatic carbocycles. The van der Waals surface area contributed by atoms with Crippen LogP contribution in [0.2, 0.25) is 0 Å². The maximum absolute atomic E-state index is 9.98. The first kappa shape index (κ1) is 32.3. The van der Waals surface area contributed by atoms with E-state index < -0.39 is 0 Å². The van der Waals surface area contributed by atoms with Crippen LogP contribution in [-0.2, 0) is 39.2 Å². The fraction of sp³-hybridized carbons (Fsp3) is 0.200. The van der Waals surface area contributed by atoms with Crippen molar-refractivity contribution in [3.8, 4) is 0 Å². The maximum atomic E-state index is 9.98. The van der Waals surface area contributed by atoms with Crippen LogP contribution >= 0.6 is 0 Å². The van der Waals surface area contributed by atoms with E-state index in [2.05, 4.69) is 82.3 Å². The highest BCUT2D eigenvalue weighted by atomic mass is 17.8. The standard InChI is InChI=1S/C5H8O3.C4H6O5.3C2H4/c1-5(7)8-4-2-3-6;1-3-5-7-9-8-6-4-2;3*1-2/h3H,2,4H2,1H3;3-4H,1-2H2;3*1-2H2. The van der Waals surface area contributed by atoms with Crippen molar-refractivity contribution in [3.63, 3.8) is 0 Å². The Balaban J connectivity index is -0.0000000709. The molecular weight excluding hydrogens is 308 g/mol. The minimum absolute atomic E-state index is 0.207. The number of hydrogen-bond donors (Lipinski definition) is 0. The van der Waals surface area contributed by atoms with Gasteiger partial charge in [0.15, 0.2) is 0 Å². The number of aldehydes is 1. The summed E-state index contributed by atoms with van der Waals surface area (Å²) in [6, 6.07) is 0. The van der Waals surface area contributed by atoms with Gasteiger partial charge in [-0.2, -0.15) is 0 Å². The lowest BCUT2D eigenvalue weighted by Gasteiger charge is -1.94. The molecule has 0 unspecified atom stereocenters. The lowest BCUT2D eigenvalue weighted by atomic mass is 10.5. The molecule has 8 heteroatoms. The quantitative estimate of drug-likeness (QED) is 0.120. The van der Waals surface area contributed by atoms with Crippen LogP contribution in [0.3, 0.4) is 0 Å². The van der Waals surface area contributed by atoms with Crippen LogP contribution in [0, 0.1) is 0 Å². The van der Waals surface area contributed by atoms with E-state index in [0.717, 1.165) is 12.5 Å². The maximum Gasteiger partial charge on any atom is 0.302 e. The van der Waals surface area contributed by atoms with Gasteiger partial charge in [0.05, 0.1) is 6.61 Å². The van der Waals surface area contributed by atoms with Gasteiger partial charge in [-0.05, 0) is 0 Å². The molecule has 134 valence electrons. The van der Waals surface area contributed by atoms with Crippen molar-refractivity contribution in [1.82, 2.24) is 0 Å². The summed E-state index contributed by atoms with van der Waals surface area (Å²) in [5.41, 5.74) is 0. The summed E-state index contributed by atoms with van der Waals surface area (Å²) in [6.07, 6.45) is 3.00. The third-order valence-electron chi connectivity index (χ3n) is 0.811. The Morgan fingerprint density at radius 3 is 1.52 bits per heavy atom. The summed E-state index contributed by atoms with van der Waals surface area (Å²) < 4.78 is 4.41. The molecule has 23 heavy (non-hydrogen) atoms. The van der Waals surface area contributed by atoms with Crippen molar-refractivity contribution in [2.45, 2.75) is 13.3 Å². The van der Waals surface area contributed by atoms with E-state index in [4.69, 9.17) is 0 Å². The highest BCUT2D eigenvalue weighted by molar-refractivity contribution is 5.66. The van der Waals surface area contributed by atoms with Crippen LogP contribution in [0.5, 0.6) is 0 Å². The van der Waals surface area contributed by atoms with Crippen molar-refractivity contribution in [1.29, 1.82) is 0 Å². The zero-order chi connectivity index (χ0) is 19.4. The van der Waals surface area contributed by atoms with Crippen molar-refractivity contribution in [3.05, 3.63) is 65.2 Å². The molecule has 0 aromatic rings. The molecule has 0 atom stereocenters. The lowest BCUT2D eigenvalue weighted by molar-refractivity contribution is -0.692. The number of esters is 1. The predicted molar refractivity (Wildman–Crippen MR) is 86.9 cm³/mol. The molecule has 0 rings (SSSR count). The summed E-state index contributed by atoms with van der Waals surface area (Å²) in [5, 5.41) is 11.3. The van der Waals surface area contributed by atoms with E-state index in [1.165, 1.54) is 6.92 Å². The largest absolute Gasteiger partial charge is 0.465 e. The Morgan fingerprint density at radius 2 is 1.26 bits per heavy atom. The topological polar surface area (TPSA) is 89.5 Å². The summed E-state index contributed by atoms with van der Waals surface area (Å²) >= 11 is 0. The number of ether oxygens (including phenoxy) is 1. The van der Waals surface area contributed by atoms with Gasteiger partial charge in [-0.1, -0.05) is 13.2 Å². The van der Waals surface area contributed by atoms with Crippen LogP contribution in [0.15, 0.2) is 65.2 Å². The Labute approximate surface area is 137 Å². The lowest BCUT2D eigenvalue weighted by Crippen LogP contribution is -2.00. The van der Waals surface area contributed by atoms with E-state index in [1.807, 2.05) is 0 Å². The first-order valence-electron chi connectivity index (χ1n) is 5.80. The van der Waals surface area contributed by atoms with E-state index in [0.29, 0.717) is 12.7 Å². The Hall–Kier alpha value is -2.68. The third kappa shape index (κ3) is 83.7. The first-order chi connectivity index (χ1) is 11.2. The summed E-state index contributed by atoms with van der Waals surface area (Å²) in [5.74, 6) is -0.341. The summed E-state index contributed by atoms with van der Waals surface area (Å²) in [4.78, 5) is 27.5. The molecule has 0 N–H and O–H groups in total. The summed E-state index contributed by atoms with van der Waals surface area (Å²) in [6.45, 7) is 25.8. The van der Waals surface area contributed by atoms with E-state index in [9.17, 15) is 9.59 Å². The number of carbonyl (C=O) groups is 2. The molecule has 0 radical (unpaired) electrons. The minimum atomic E-state index is -0.341. The third-order valence-corrected chi connectivity index (χ3v) is 0.811. The molecule has 0 saturated heterocycles. The van der Waals surface area contributed by atoms with Gasteiger partial charge in [-0.3, -0.25) is 4.79 Å².